The lowest BCUT2D eigenvalue weighted by Crippen LogP contribution is -2.33. The summed E-state index contributed by atoms with van der Waals surface area (Å²) in [6, 6.07) is 4.34. The van der Waals surface area contributed by atoms with Crippen LogP contribution in [0.25, 0.3) is 0 Å². The number of rotatable bonds is 5. The van der Waals surface area contributed by atoms with Gasteiger partial charge in [0.2, 0.25) is 0 Å². The molecule has 1 aromatic rings. The fraction of sp³-hybridized carbons (Fsp3) is 0.625. The highest BCUT2D eigenvalue weighted by molar-refractivity contribution is 9.10. The van der Waals surface area contributed by atoms with Crippen molar-refractivity contribution in [1.29, 1.82) is 0 Å². The van der Waals surface area contributed by atoms with Crippen LogP contribution in [-0.4, -0.2) is 13.2 Å². The van der Waals surface area contributed by atoms with E-state index in [1.807, 2.05) is 0 Å². The van der Waals surface area contributed by atoms with Crippen molar-refractivity contribution < 1.29 is 4.74 Å². The van der Waals surface area contributed by atoms with Gasteiger partial charge in [0.1, 0.15) is 5.75 Å². The van der Waals surface area contributed by atoms with Gasteiger partial charge in [-0.1, -0.05) is 43.6 Å². The number of fused-ring (bicyclic) bond motifs is 1. The Labute approximate surface area is 125 Å². The van der Waals surface area contributed by atoms with Crippen LogP contribution in [0.2, 0.25) is 0 Å². The number of benzene rings is 1. The van der Waals surface area contributed by atoms with Gasteiger partial charge in [-0.15, -0.1) is 0 Å². The van der Waals surface area contributed by atoms with Gasteiger partial charge in [-0.05, 0) is 29.0 Å². The molecular weight excluding hydrogens is 302 g/mol. The fourth-order valence-electron chi connectivity index (χ4n) is 2.20. The molecule has 0 radical (unpaired) electrons. The van der Waals surface area contributed by atoms with Gasteiger partial charge in [0.25, 0.3) is 0 Å². The second-order valence-electron chi connectivity index (χ2n) is 6.40. The highest BCUT2D eigenvalue weighted by atomic mass is 79.9. The molecule has 1 heterocycles. The second-order valence-corrected chi connectivity index (χ2v) is 7.31. The van der Waals surface area contributed by atoms with Crippen LogP contribution in [-0.2, 0) is 13.0 Å². The Morgan fingerprint density at radius 1 is 1.37 bits per heavy atom. The third-order valence-corrected chi connectivity index (χ3v) is 4.74. The normalized spacial score (nSPS) is 14.6. The Morgan fingerprint density at radius 2 is 2.11 bits per heavy atom. The standard InChI is InChI=1S/C16H24BrNO/c1-11(2)16(3,4)10-18-9-13-8-14(17)7-12-5-6-19-15(12)13/h7-8,11,18H,5-6,9-10H2,1-4H3. The smallest absolute Gasteiger partial charge is 0.127 e. The molecular formula is C16H24BrNO. The predicted molar refractivity (Wildman–Crippen MR) is 83.7 cm³/mol. The predicted octanol–water partition coefficient (Wildman–Crippen LogP) is 4.16. The molecule has 3 heteroatoms. The molecule has 106 valence electrons. The molecule has 0 saturated heterocycles. The first-order chi connectivity index (χ1) is 8.90. The molecule has 0 spiro atoms. The van der Waals surface area contributed by atoms with Crippen molar-refractivity contribution in [2.45, 2.75) is 40.7 Å². The zero-order chi connectivity index (χ0) is 14.0. The van der Waals surface area contributed by atoms with Crippen LogP contribution in [0.3, 0.4) is 0 Å². The van der Waals surface area contributed by atoms with E-state index in [2.05, 4.69) is 61.1 Å². The summed E-state index contributed by atoms with van der Waals surface area (Å²) >= 11 is 3.59. The summed E-state index contributed by atoms with van der Waals surface area (Å²) in [5.41, 5.74) is 2.91. The van der Waals surface area contributed by atoms with E-state index in [1.165, 1.54) is 11.1 Å². The van der Waals surface area contributed by atoms with Crippen LogP contribution in [0.1, 0.15) is 38.8 Å². The quantitative estimate of drug-likeness (QED) is 0.877. The lowest BCUT2D eigenvalue weighted by molar-refractivity contribution is 0.237. The van der Waals surface area contributed by atoms with Crippen molar-refractivity contribution in [2.24, 2.45) is 11.3 Å². The number of nitrogens with one attached hydrogen (secondary N) is 1. The maximum absolute atomic E-state index is 5.75. The van der Waals surface area contributed by atoms with Gasteiger partial charge in [-0.25, -0.2) is 0 Å². The summed E-state index contributed by atoms with van der Waals surface area (Å²) in [7, 11) is 0. The number of ether oxygens (including phenoxy) is 1. The molecule has 0 bridgehead atoms. The van der Waals surface area contributed by atoms with E-state index in [1.54, 1.807) is 0 Å². The van der Waals surface area contributed by atoms with Gasteiger partial charge >= 0.3 is 0 Å². The maximum Gasteiger partial charge on any atom is 0.127 e. The minimum atomic E-state index is 0.316. The average Bonchev–Trinajstić information content (AvgIpc) is 2.76. The topological polar surface area (TPSA) is 21.3 Å². The molecule has 1 aliphatic heterocycles. The first-order valence-electron chi connectivity index (χ1n) is 7.05. The molecule has 0 saturated carbocycles. The van der Waals surface area contributed by atoms with Gasteiger partial charge in [0.15, 0.2) is 0 Å². The summed E-state index contributed by atoms with van der Waals surface area (Å²) in [5, 5.41) is 3.58. The summed E-state index contributed by atoms with van der Waals surface area (Å²) in [5.74, 6) is 1.77. The average molecular weight is 326 g/mol. The molecule has 0 aromatic heterocycles. The van der Waals surface area contributed by atoms with Crippen LogP contribution in [0, 0.1) is 11.3 Å². The van der Waals surface area contributed by atoms with Gasteiger partial charge in [0.05, 0.1) is 6.61 Å². The highest BCUT2D eigenvalue weighted by Gasteiger charge is 2.22. The van der Waals surface area contributed by atoms with E-state index in [0.29, 0.717) is 11.3 Å². The van der Waals surface area contributed by atoms with Crippen LogP contribution < -0.4 is 10.1 Å². The second kappa shape index (κ2) is 5.84. The van der Waals surface area contributed by atoms with Crippen LogP contribution in [0.15, 0.2) is 16.6 Å². The van der Waals surface area contributed by atoms with Crippen LogP contribution in [0.5, 0.6) is 5.75 Å². The monoisotopic (exact) mass is 325 g/mol. The van der Waals surface area contributed by atoms with Crippen molar-refractivity contribution in [3.63, 3.8) is 0 Å². The van der Waals surface area contributed by atoms with Crippen LogP contribution in [0.4, 0.5) is 0 Å². The van der Waals surface area contributed by atoms with E-state index >= 15 is 0 Å². The summed E-state index contributed by atoms with van der Waals surface area (Å²) in [4.78, 5) is 0. The Morgan fingerprint density at radius 3 is 2.79 bits per heavy atom. The number of hydrogen-bond donors (Lipinski definition) is 1. The van der Waals surface area contributed by atoms with E-state index in [-0.39, 0.29) is 0 Å². The molecule has 1 aromatic carbocycles. The van der Waals surface area contributed by atoms with Crippen LogP contribution >= 0.6 is 15.9 Å². The van der Waals surface area contributed by atoms with Gasteiger partial charge < -0.3 is 10.1 Å². The molecule has 0 unspecified atom stereocenters. The Kier molecular flexibility index (Phi) is 4.57. The SMILES string of the molecule is CC(C)C(C)(C)CNCc1cc(Br)cc2c1OCC2. The molecule has 0 aliphatic carbocycles. The molecule has 19 heavy (non-hydrogen) atoms. The van der Waals surface area contributed by atoms with E-state index < -0.39 is 0 Å². The molecule has 2 nitrogen and oxygen atoms in total. The van der Waals surface area contributed by atoms with Crippen molar-refractivity contribution in [1.82, 2.24) is 5.32 Å². The minimum absolute atomic E-state index is 0.316. The number of hydrogen-bond acceptors (Lipinski definition) is 2. The van der Waals surface area contributed by atoms with Crippen molar-refractivity contribution >= 4 is 15.9 Å². The van der Waals surface area contributed by atoms with Crippen molar-refractivity contribution in [3.05, 3.63) is 27.7 Å². The summed E-state index contributed by atoms with van der Waals surface area (Å²) in [6.07, 6.45) is 1.03. The van der Waals surface area contributed by atoms with Gasteiger partial charge in [-0.3, -0.25) is 0 Å². The van der Waals surface area contributed by atoms with Gasteiger partial charge in [0, 0.05) is 29.5 Å². The zero-order valence-corrected chi connectivity index (χ0v) is 13.9. The molecule has 0 amide bonds. The van der Waals surface area contributed by atoms with Gasteiger partial charge in [-0.2, -0.15) is 0 Å². The first-order valence-corrected chi connectivity index (χ1v) is 7.84. The zero-order valence-electron chi connectivity index (χ0n) is 12.3. The third-order valence-electron chi connectivity index (χ3n) is 4.28. The molecule has 1 N–H and O–H groups in total. The third kappa shape index (κ3) is 3.51. The Bertz CT molecular complexity index is 454. The summed E-state index contributed by atoms with van der Waals surface area (Å²) < 4.78 is 6.90. The lowest BCUT2D eigenvalue weighted by Gasteiger charge is -2.29. The molecule has 2 rings (SSSR count). The summed E-state index contributed by atoms with van der Waals surface area (Å²) in [6.45, 7) is 11.9. The fourth-order valence-corrected chi connectivity index (χ4v) is 2.75. The van der Waals surface area contributed by atoms with Crippen molar-refractivity contribution in [2.75, 3.05) is 13.2 Å². The lowest BCUT2D eigenvalue weighted by atomic mass is 9.81. The largest absolute Gasteiger partial charge is 0.493 e. The van der Waals surface area contributed by atoms with E-state index in [0.717, 1.165) is 36.3 Å². The first kappa shape index (κ1) is 14.9. The Hall–Kier alpha value is -0.540. The van der Waals surface area contributed by atoms with Crippen molar-refractivity contribution in [3.8, 4) is 5.75 Å². The maximum atomic E-state index is 5.75. The molecule has 1 aliphatic rings. The Balaban J connectivity index is 2.01. The molecule has 0 atom stereocenters. The van der Waals surface area contributed by atoms with E-state index in [9.17, 15) is 0 Å². The minimum Gasteiger partial charge on any atom is -0.493 e. The highest BCUT2D eigenvalue weighted by Crippen LogP contribution is 2.33. The number of halogens is 1. The van der Waals surface area contributed by atoms with E-state index in [4.69, 9.17) is 4.74 Å². The molecule has 0 fully saturated rings.